The van der Waals surface area contributed by atoms with Gasteiger partial charge in [-0.1, -0.05) is 29.8 Å². The third-order valence-corrected chi connectivity index (χ3v) is 4.11. The van der Waals surface area contributed by atoms with Crippen molar-refractivity contribution in [3.63, 3.8) is 0 Å². The molecular formula is C21H12ClN2O4-. The number of hydrogen-bond donors (Lipinski definition) is 1. The van der Waals surface area contributed by atoms with Gasteiger partial charge in [-0.3, -0.25) is 4.79 Å². The number of para-hydroxylation sites is 1. The van der Waals surface area contributed by atoms with Crippen molar-refractivity contribution < 1.29 is 19.1 Å². The summed E-state index contributed by atoms with van der Waals surface area (Å²) in [5.74, 6) is -1.36. The second-order valence-corrected chi connectivity index (χ2v) is 6.08. The number of amides is 1. The van der Waals surface area contributed by atoms with E-state index in [0.29, 0.717) is 17.0 Å². The summed E-state index contributed by atoms with van der Waals surface area (Å²) in [7, 11) is 0. The fourth-order valence-corrected chi connectivity index (χ4v) is 2.63. The zero-order valence-corrected chi connectivity index (χ0v) is 15.1. The van der Waals surface area contributed by atoms with Crippen LogP contribution in [-0.2, 0) is 4.79 Å². The Bertz CT molecular complexity index is 1110. The van der Waals surface area contributed by atoms with Gasteiger partial charge in [0.25, 0.3) is 5.91 Å². The molecule has 1 amide bonds. The summed E-state index contributed by atoms with van der Waals surface area (Å²) >= 11 is 5.83. The Morgan fingerprint density at radius 3 is 2.54 bits per heavy atom. The van der Waals surface area contributed by atoms with Gasteiger partial charge in [0.2, 0.25) is 0 Å². The number of carbonyl (C=O) groups is 2. The quantitative estimate of drug-likeness (QED) is 0.529. The van der Waals surface area contributed by atoms with Crippen molar-refractivity contribution in [2.45, 2.75) is 0 Å². The Kier molecular flexibility index (Phi) is 5.58. The van der Waals surface area contributed by atoms with Crippen LogP contribution >= 0.6 is 11.6 Å². The van der Waals surface area contributed by atoms with E-state index < -0.39 is 11.9 Å². The summed E-state index contributed by atoms with van der Waals surface area (Å²) in [5.41, 5.74) is 0.726. The molecule has 1 aromatic heterocycles. The van der Waals surface area contributed by atoms with Crippen molar-refractivity contribution in [2.75, 3.05) is 5.32 Å². The predicted octanol–water partition coefficient (Wildman–Crippen LogP) is 3.51. The molecule has 1 N–H and O–H groups in total. The minimum Gasteiger partial charge on any atom is -0.545 e. The summed E-state index contributed by atoms with van der Waals surface area (Å²) < 4.78 is 5.61. The first-order valence-electron chi connectivity index (χ1n) is 8.07. The third-order valence-electron chi connectivity index (χ3n) is 3.78. The highest BCUT2D eigenvalue weighted by molar-refractivity contribution is 6.33. The van der Waals surface area contributed by atoms with Gasteiger partial charge in [0, 0.05) is 27.9 Å². The van der Waals surface area contributed by atoms with Crippen molar-refractivity contribution in [3.8, 4) is 17.4 Å². The molecule has 3 rings (SSSR count). The Hall–Kier alpha value is -3.82. The van der Waals surface area contributed by atoms with Gasteiger partial charge < -0.3 is 19.6 Å². The number of nitrogens with one attached hydrogen (secondary N) is 1. The van der Waals surface area contributed by atoms with Crippen LogP contribution < -0.4 is 10.4 Å². The lowest BCUT2D eigenvalue weighted by Gasteiger charge is -2.06. The summed E-state index contributed by atoms with van der Waals surface area (Å²) in [4.78, 5) is 23.4. The molecule has 28 heavy (non-hydrogen) atoms. The molecule has 7 heteroatoms. The van der Waals surface area contributed by atoms with Crippen LogP contribution in [0, 0.1) is 11.3 Å². The van der Waals surface area contributed by atoms with Gasteiger partial charge in [0.15, 0.2) is 0 Å². The van der Waals surface area contributed by atoms with E-state index in [1.165, 1.54) is 18.2 Å². The van der Waals surface area contributed by atoms with E-state index in [4.69, 9.17) is 16.0 Å². The summed E-state index contributed by atoms with van der Waals surface area (Å²) in [5, 5.41) is 23.1. The third kappa shape index (κ3) is 4.29. The first-order chi connectivity index (χ1) is 13.5. The van der Waals surface area contributed by atoms with E-state index in [-0.39, 0.29) is 21.9 Å². The van der Waals surface area contributed by atoms with Crippen LogP contribution in [0.2, 0.25) is 5.02 Å². The first kappa shape index (κ1) is 19.0. The van der Waals surface area contributed by atoms with Gasteiger partial charge in [0.1, 0.15) is 23.2 Å². The minimum atomic E-state index is -1.40. The highest BCUT2D eigenvalue weighted by atomic mass is 35.5. The topological polar surface area (TPSA) is 106 Å². The van der Waals surface area contributed by atoms with Crippen LogP contribution in [0.25, 0.3) is 17.4 Å². The lowest BCUT2D eigenvalue weighted by molar-refractivity contribution is -0.255. The highest BCUT2D eigenvalue weighted by Gasteiger charge is 2.12. The van der Waals surface area contributed by atoms with Crippen molar-refractivity contribution in [1.29, 1.82) is 5.26 Å². The zero-order valence-electron chi connectivity index (χ0n) is 14.3. The van der Waals surface area contributed by atoms with Gasteiger partial charge in [-0.05, 0) is 42.5 Å². The van der Waals surface area contributed by atoms with Gasteiger partial charge in [0.05, 0.1) is 5.97 Å². The van der Waals surface area contributed by atoms with Crippen LogP contribution in [-0.4, -0.2) is 11.9 Å². The molecule has 138 valence electrons. The highest BCUT2D eigenvalue weighted by Crippen LogP contribution is 2.27. The number of carboxylic acids is 1. The number of benzene rings is 2. The maximum atomic E-state index is 12.3. The number of halogens is 1. The number of carboxylic acid groups (broad SMARTS) is 1. The van der Waals surface area contributed by atoms with Gasteiger partial charge >= 0.3 is 0 Å². The molecule has 3 aromatic rings. The molecule has 0 unspecified atom stereocenters. The zero-order chi connectivity index (χ0) is 20.1. The molecule has 0 radical (unpaired) electrons. The van der Waals surface area contributed by atoms with Crippen LogP contribution in [0.4, 0.5) is 5.69 Å². The summed E-state index contributed by atoms with van der Waals surface area (Å²) in [6, 6.07) is 18.1. The van der Waals surface area contributed by atoms with E-state index in [2.05, 4.69) is 5.32 Å². The van der Waals surface area contributed by atoms with Gasteiger partial charge in [-0.15, -0.1) is 0 Å². The lowest BCUT2D eigenvalue weighted by atomic mass is 10.1. The molecule has 0 aliphatic heterocycles. The molecule has 0 saturated heterocycles. The van der Waals surface area contributed by atoms with E-state index in [0.717, 1.165) is 0 Å². The number of carbonyl (C=O) groups excluding carboxylic acids is 2. The van der Waals surface area contributed by atoms with Crippen LogP contribution in [0.15, 0.2) is 70.7 Å². The minimum absolute atomic E-state index is 0.0553. The van der Waals surface area contributed by atoms with Crippen LogP contribution in [0.3, 0.4) is 0 Å². The summed E-state index contributed by atoms with van der Waals surface area (Å²) in [6.45, 7) is 0. The second-order valence-electron chi connectivity index (χ2n) is 5.67. The standard InChI is InChI=1S/C21H13ClN2O4/c22-18-8-6-13(11-17(18)21(26)27)19-9-7-16(28-19)10-14(12-23)20(25)24-15-4-2-1-3-5-15/h1-11H,(H,24,25)(H,26,27)/p-1/b14-10-. The van der Waals surface area contributed by atoms with Crippen molar-refractivity contribution in [1.82, 2.24) is 0 Å². The monoisotopic (exact) mass is 391 g/mol. The molecule has 2 aromatic carbocycles. The van der Waals surface area contributed by atoms with E-state index in [9.17, 15) is 20.0 Å². The Morgan fingerprint density at radius 2 is 1.86 bits per heavy atom. The van der Waals surface area contributed by atoms with E-state index in [1.54, 1.807) is 42.5 Å². The average Bonchev–Trinajstić information content (AvgIpc) is 3.15. The maximum Gasteiger partial charge on any atom is 0.266 e. The van der Waals surface area contributed by atoms with Crippen LogP contribution in [0.1, 0.15) is 16.1 Å². The molecule has 0 bridgehead atoms. The Morgan fingerprint density at radius 1 is 1.11 bits per heavy atom. The number of anilines is 1. The number of hydrogen-bond acceptors (Lipinski definition) is 5. The molecule has 1 heterocycles. The fraction of sp³-hybridized carbons (Fsp3) is 0. The molecule has 6 nitrogen and oxygen atoms in total. The normalized spacial score (nSPS) is 10.9. The Labute approximate surface area is 165 Å². The Balaban J connectivity index is 1.84. The first-order valence-corrected chi connectivity index (χ1v) is 8.45. The number of rotatable bonds is 5. The smallest absolute Gasteiger partial charge is 0.266 e. The van der Waals surface area contributed by atoms with E-state index in [1.807, 2.05) is 12.1 Å². The van der Waals surface area contributed by atoms with E-state index >= 15 is 0 Å². The number of nitriles is 1. The molecule has 0 aliphatic carbocycles. The van der Waals surface area contributed by atoms with Crippen molar-refractivity contribution >= 4 is 35.2 Å². The number of aromatic carboxylic acids is 1. The lowest BCUT2D eigenvalue weighted by Crippen LogP contribution is -2.22. The van der Waals surface area contributed by atoms with Crippen molar-refractivity contribution in [3.05, 3.63) is 82.6 Å². The fourth-order valence-electron chi connectivity index (χ4n) is 2.43. The average molecular weight is 392 g/mol. The van der Waals surface area contributed by atoms with Gasteiger partial charge in [-0.2, -0.15) is 5.26 Å². The molecule has 0 spiro atoms. The number of furan rings is 1. The predicted molar refractivity (Wildman–Crippen MR) is 102 cm³/mol. The molecular weight excluding hydrogens is 380 g/mol. The SMILES string of the molecule is N#C/C(=C/c1ccc(-c2ccc(Cl)c(C(=O)[O-])c2)o1)C(=O)Nc1ccccc1. The molecule has 0 aliphatic rings. The second kappa shape index (κ2) is 8.25. The van der Waals surface area contributed by atoms with Gasteiger partial charge in [-0.25, -0.2) is 0 Å². The summed E-state index contributed by atoms with van der Waals surface area (Å²) in [6.07, 6.45) is 1.30. The molecule has 0 saturated carbocycles. The van der Waals surface area contributed by atoms with Crippen LogP contribution in [0.5, 0.6) is 0 Å². The molecule has 0 fully saturated rings. The molecule has 0 atom stereocenters. The maximum absolute atomic E-state index is 12.3. The number of nitrogens with zero attached hydrogens (tertiary/aromatic N) is 1. The largest absolute Gasteiger partial charge is 0.545 e. The van der Waals surface area contributed by atoms with Crippen molar-refractivity contribution in [2.24, 2.45) is 0 Å².